The highest BCUT2D eigenvalue weighted by molar-refractivity contribution is 5.88. The van der Waals surface area contributed by atoms with Crippen LogP contribution in [0.15, 0.2) is 4.99 Å². The number of primary amides is 1. The van der Waals surface area contributed by atoms with Gasteiger partial charge in [0, 0.05) is 20.3 Å². The normalized spacial score (nSPS) is 13.6. The first kappa shape index (κ1) is 15.7. The first-order chi connectivity index (χ1) is 8.02. The number of hydrogen-bond acceptors (Lipinski definition) is 4. The number of nitrogens with two attached hydrogens (primary N) is 2. The second-order valence-electron chi connectivity index (χ2n) is 3.99. The number of guanidine groups is 1. The molecule has 100 valence electrons. The fraction of sp³-hybridized carbons (Fsp3) is 0.800. The summed E-state index contributed by atoms with van der Waals surface area (Å²) in [5, 5.41) is 2.88. The van der Waals surface area contributed by atoms with Gasteiger partial charge in [-0.25, -0.2) is 5.84 Å². The van der Waals surface area contributed by atoms with Gasteiger partial charge in [0.15, 0.2) is 0 Å². The van der Waals surface area contributed by atoms with E-state index in [9.17, 15) is 4.79 Å². The third-order valence-electron chi connectivity index (χ3n) is 2.18. The molecule has 7 nitrogen and oxygen atoms in total. The van der Waals surface area contributed by atoms with E-state index in [0.29, 0.717) is 19.1 Å². The quantitative estimate of drug-likeness (QED) is 0.150. The molecule has 0 aliphatic heterocycles. The number of rotatable bonds is 7. The Bertz CT molecular complexity index is 255. The van der Waals surface area contributed by atoms with Gasteiger partial charge in [0.25, 0.3) is 0 Å². The highest BCUT2D eigenvalue weighted by atomic mass is 16.5. The fourth-order valence-corrected chi connectivity index (χ4v) is 1.25. The van der Waals surface area contributed by atoms with Crippen LogP contribution in [0, 0.1) is 5.92 Å². The second-order valence-corrected chi connectivity index (χ2v) is 3.99. The molecule has 0 aromatic rings. The number of ether oxygens (including phenoxy) is 1. The van der Waals surface area contributed by atoms with Crippen molar-refractivity contribution in [3.8, 4) is 0 Å². The zero-order valence-corrected chi connectivity index (χ0v) is 10.7. The summed E-state index contributed by atoms with van der Waals surface area (Å²) in [5.41, 5.74) is 7.68. The third-order valence-corrected chi connectivity index (χ3v) is 2.18. The summed E-state index contributed by atoms with van der Waals surface area (Å²) in [6.07, 6.45) is 0.784. The molecule has 0 aliphatic carbocycles. The Hall–Kier alpha value is -1.34. The van der Waals surface area contributed by atoms with Crippen LogP contribution in [0.2, 0.25) is 0 Å². The number of hydrogen-bond donors (Lipinski definition) is 4. The van der Waals surface area contributed by atoms with E-state index in [1.807, 2.05) is 13.8 Å². The summed E-state index contributed by atoms with van der Waals surface area (Å²) in [7, 11) is 1.63. The molecule has 1 amide bonds. The maximum absolute atomic E-state index is 11.2. The summed E-state index contributed by atoms with van der Waals surface area (Å²) in [6, 6.07) is -0.493. The zero-order chi connectivity index (χ0) is 13.3. The minimum absolute atomic E-state index is 0.0602. The monoisotopic (exact) mass is 245 g/mol. The molecule has 0 aromatic heterocycles. The Labute approximate surface area is 102 Å². The summed E-state index contributed by atoms with van der Waals surface area (Å²) in [5.74, 6) is 5.30. The molecule has 17 heavy (non-hydrogen) atoms. The van der Waals surface area contributed by atoms with Crippen LogP contribution in [0.25, 0.3) is 0 Å². The van der Waals surface area contributed by atoms with Crippen LogP contribution < -0.4 is 22.3 Å². The minimum Gasteiger partial charge on any atom is -0.385 e. The first-order valence-electron chi connectivity index (χ1n) is 5.58. The molecule has 0 heterocycles. The molecule has 0 bridgehead atoms. The van der Waals surface area contributed by atoms with Gasteiger partial charge in [0.05, 0.1) is 0 Å². The van der Waals surface area contributed by atoms with Gasteiger partial charge in [-0.3, -0.25) is 15.2 Å². The van der Waals surface area contributed by atoms with Crippen molar-refractivity contribution >= 4 is 11.9 Å². The molecular formula is C10H23N5O2. The van der Waals surface area contributed by atoms with Gasteiger partial charge >= 0.3 is 0 Å². The van der Waals surface area contributed by atoms with Crippen molar-refractivity contribution in [2.45, 2.75) is 26.3 Å². The lowest BCUT2D eigenvalue weighted by Crippen LogP contribution is -2.53. The number of nitrogens with zero attached hydrogens (tertiary/aromatic N) is 1. The predicted molar refractivity (Wildman–Crippen MR) is 67.1 cm³/mol. The van der Waals surface area contributed by atoms with Gasteiger partial charge in [-0.2, -0.15) is 0 Å². The fourth-order valence-electron chi connectivity index (χ4n) is 1.25. The number of hydrazine groups is 1. The Balaban J connectivity index is 4.30. The standard InChI is InChI=1S/C10H23N5O2/c1-7(2)8(9(11)16)14-10(15-12)13-5-4-6-17-3/h7-8H,4-6,12H2,1-3H3,(H2,11,16)(H2,13,14,15). The van der Waals surface area contributed by atoms with Crippen molar-refractivity contribution in [1.29, 1.82) is 0 Å². The molecule has 0 aliphatic rings. The minimum atomic E-state index is -0.493. The number of methoxy groups -OCH3 is 1. The van der Waals surface area contributed by atoms with Gasteiger partial charge < -0.3 is 15.8 Å². The Morgan fingerprint density at radius 2 is 2.12 bits per heavy atom. The van der Waals surface area contributed by atoms with Crippen molar-refractivity contribution in [2.75, 3.05) is 20.3 Å². The van der Waals surface area contributed by atoms with E-state index in [-0.39, 0.29) is 5.92 Å². The smallest absolute Gasteiger partial charge is 0.240 e. The zero-order valence-electron chi connectivity index (χ0n) is 10.7. The third kappa shape index (κ3) is 6.75. The van der Waals surface area contributed by atoms with E-state index in [0.717, 1.165) is 6.42 Å². The van der Waals surface area contributed by atoms with E-state index >= 15 is 0 Å². The predicted octanol–water partition coefficient (Wildman–Crippen LogP) is -1.06. The molecule has 7 heteroatoms. The molecule has 0 radical (unpaired) electrons. The van der Waals surface area contributed by atoms with Crippen LogP contribution in [0.5, 0.6) is 0 Å². The van der Waals surface area contributed by atoms with Crippen molar-refractivity contribution in [3.05, 3.63) is 0 Å². The van der Waals surface area contributed by atoms with E-state index in [4.69, 9.17) is 16.3 Å². The van der Waals surface area contributed by atoms with Crippen molar-refractivity contribution in [1.82, 2.24) is 10.7 Å². The maximum Gasteiger partial charge on any atom is 0.240 e. The molecule has 0 aromatic carbocycles. The van der Waals surface area contributed by atoms with Crippen LogP contribution in [-0.2, 0) is 9.53 Å². The highest BCUT2D eigenvalue weighted by Crippen LogP contribution is 2.00. The summed E-state index contributed by atoms with van der Waals surface area (Å²) >= 11 is 0. The van der Waals surface area contributed by atoms with Crippen molar-refractivity contribution in [2.24, 2.45) is 22.5 Å². The van der Waals surface area contributed by atoms with Gasteiger partial charge in [0.1, 0.15) is 6.04 Å². The average molecular weight is 245 g/mol. The van der Waals surface area contributed by atoms with Crippen LogP contribution in [0.1, 0.15) is 20.3 Å². The SMILES string of the molecule is COCCCN=C(NN)NC(C(N)=O)C(C)C. The molecule has 0 fully saturated rings. The Morgan fingerprint density at radius 3 is 2.53 bits per heavy atom. The molecule has 0 saturated carbocycles. The molecule has 0 saturated heterocycles. The highest BCUT2D eigenvalue weighted by Gasteiger charge is 2.20. The summed E-state index contributed by atoms with van der Waals surface area (Å²) < 4.78 is 4.90. The molecule has 6 N–H and O–H groups in total. The number of nitrogens with one attached hydrogen (secondary N) is 2. The lowest BCUT2D eigenvalue weighted by Gasteiger charge is -2.20. The molecule has 1 unspecified atom stereocenters. The molecular weight excluding hydrogens is 222 g/mol. The second kappa shape index (κ2) is 8.77. The van der Waals surface area contributed by atoms with Crippen LogP contribution in [0.4, 0.5) is 0 Å². The molecule has 0 rings (SSSR count). The van der Waals surface area contributed by atoms with Crippen LogP contribution in [0.3, 0.4) is 0 Å². The van der Waals surface area contributed by atoms with Crippen LogP contribution >= 0.6 is 0 Å². The largest absolute Gasteiger partial charge is 0.385 e. The summed E-state index contributed by atoms with van der Waals surface area (Å²) in [6.45, 7) is 4.97. The lowest BCUT2D eigenvalue weighted by atomic mass is 10.0. The molecule has 0 spiro atoms. The topological polar surface area (TPSA) is 115 Å². The van der Waals surface area contributed by atoms with E-state index in [1.54, 1.807) is 7.11 Å². The van der Waals surface area contributed by atoms with Gasteiger partial charge in [-0.05, 0) is 12.3 Å². The first-order valence-corrected chi connectivity index (χ1v) is 5.58. The number of aliphatic imine (C=N–C) groups is 1. The van der Waals surface area contributed by atoms with Crippen molar-refractivity contribution < 1.29 is 9.53 Å². The number of carbonyl (C=O) groups is 1. The van der Waals surface area contributed by atoms with Crippen molar-refractivity contribution in [3.63, 3.8) is 0 Å². The number of amides is 1. The van der Waals surface area contributed by atoms with Gasteiger partial charge in [-0.1, -0.05) is 13.8 Å². The number of carbonyl (C=O) groups excluding carboxylic acids is 1. The van der Waals surface area contributed by atoms with E-state index in [1.165, 1.54) is 0 Å². The van der Waals surface area contributed by atoms with Gasteiger partial charge in [-0.15, -0.1) is 0 Å². The lowest BCUT2D eigenvalue weighted by molar-refractivity contribution is -0.120. The van der Waals surface area contributed by atoms with E-state index in [2.05, 4.69) is 15.7 Å². The molecule has 1 atom stereocenters. The average Bonchev–Trinajstić information content (AvgIpc) is 2.27. The van der Waals surface area contributed by atoms with E-state index < -0.39 is 11.9 Å². The van der Waals surface area contributed by atoms with Gasteiger partial charge in [0.2, 0.25) is 11.9 Å². The summed E-state index contributed by atoms with van der Waals surface area (Å²) in [4.78, 5) is 15.4. The Kier molecular flexibility index (Phi) is 8.08. The maximum atomic E-state index is 11.2. The Morgan fingerprint density at radius 1 is 1.47 bits per heavy atom. The van der Waals surface area contributed by atoms with Crippen LogP contribution in [-0.4, -0.2) is 38.2 Å².